The van der Waals surface area contributed by atoms with E-state index in [-0.39, 0.29) is 17.9 Å². The van der Waals surface area contributed by atoms with Gasteiger partial charge >= 0.3 is 0 Å². The zero-order chi connectivity index (χ0) is 18.1. The summed E-state index contributed by atoms with van der Waals surface area (Å²) < 4.78 is 0. The molecule has 0 fully saturated rings. The van der Waals surface area contributed by atoms with Crippen molar-refractivity contribution in [1.29, 1.82) is 0 Å². The maximum absolute atomic E-state index is 13.2. The lowest BCUT2D eigenvalue weighted by molar-refractivity contribution is -0.119. The Labute approximate surface area is 155 Å². The van der Waals surface area contributed by atoms with E-state index in [0.29, 0.717) is 11.3 Å². The van der Waals surface area contributed by atoms with Crippen LogP contribution >= 0.6 is 11.3 Å². The Morgan fingerprint density at radius 3 is 2.73 bits per heavy atom. The number of aromatic nitrogens is 1. The second-order valence-electron chi connectivity index (χ2n) is 6.17. The summed E-state index contributed by atoms with van der Waals surface area (Å²) in [5.41, 5.74) is 1.98. The lowest BCUT2D eigenvalue weighted by Gasteiger charge is -2.39. The number of carbonyl (C=O) groups excluding carboxylic acids is 2. The Balaban J connectivity index is 1.80. The number of rotatable bonds is 3. The standard InChI is InChI=1S/C20H17N3O2S/c1-23-18(16-9-5-11-26-16)17(14-7-2-3-8-15(14)20(23)25)19(24)22-13-6-4-10-21-12-13/h2-12,17-18H,1H3,(H,22,24). The fraction of sp³-hybridized carbons (Fsp3) is 0.150. The first-order valence-electron chi connectivity index (χ1n) is 8.27. The average Bonchev–Trinajstić information content (AvgIpc) is 3.19. The largest absolute Gasteiger partial charge is 0.333 e. The Bertz CT molecular complexity index is 941. The number of nitrogens with one attached hydrogen (secondary N) is 1. The Hall–Kier alpha value is -2.99. The number of pyridine rings is 1. The summed E-state index contributed by atoms with van der Waals surface area (Å²) in [6.45, 7) is 0. The Morgan fingerprint density at radius 1 is 1.15 bits per heavy atom. The van der Waals surface area contributed by atoms with Gasteiger partial charge in [-0.1, -0.05) is 24.3 Å². The van der Waals surface area contributed by atoms with Gasteiger partial charge in [0, 0.05) is 23.7 Å². The number of thiophene rings is 1. The summed E-state index contributed by atoms with van der Waals surface area (Å²) in [7, 11) is 1.76. The van der Waals surface area contributed by atoms with E-state index in [1.54, 1.807) is 53.9 Å². The zero-order valence-corrected chi connectivity index (χ0v) is 14.9. The van der Waals surface area contributed by atoms with Crippen LogP contribution in [0.4, 0.5) is 5.69 Å². The van der Waals surface area contributed by atoms with Gasteiger partial charge in [0.1, 0.15) is 0 Å². The molecule has 0 aliphatic carbocycles. The molecule has 3 aromatic rings. The van der Waals surface area contributed by atoms with Crippen LogP contribution in [0.5, 0.6) is 0 Å². The smallest absolute Gasteiger partial charge is 0.254 e. The predicted octanol–water partition coefficient (Wildman–Crippen LogP) is 3.69. The number of anilines is 1. The lowest BCUT2D eigenvalue weighted by Crippen LogP contribution is -2.43. The summed E-state index contributed by atoms with van der Waals surface area (Å²) in [5, 5.41) is 4.91. The number of fused-ring (bicyclic) bond motifs is 1. The minimum Gasteiger partial charge on any atom is -0.333 e. The van der Waals surface area contributed by atoms with Crippen LogP contribution in [0.25, 0.3) is 0 Å². The lowest BCUT2D eigenvalue weighted by atomic mass is 9.81. The molecule has 1 aliphatic heterocycles. The fourth-order valence-electron chi connectivity index (χ4n) is 3.43. The minimum absolute atomic E-state index is 0.0653. The first-order valence-corrected chi connectivity index (χ1v) is 9.15. The number of carbonyl (C=O) groups is 2. The maximum atomic E-state index is 13.2. The molecule has 2 unspecified atom stereocenters. The van der Waals surface area contributed by atoms with Crippen molar-refractivity contribution in [2.45, 2.75) is 12.0 Å². The van der Waals surface area contributed by atoms with Crippen LogP contribution in [-0.2, 0) is 4.79 Å². The highest BCUT2D eigenvalue weighted by atomic mass is 32.1. The number of hydrogen-bond donors (Lipinski definition) is 1. The number of likely N-dealkylation sites (N-methyl/N-ethyl adjacent to an activating group) is 1. The molecule has 2 atom stereocenters. The quantitative estimate of drug-likeness (QED) is 0.772. The molecule has 0 saturated carbocycles. The van der Waals surface area contributed by atoms with E-state index in [9.17, 15) is 9.59 Å². The number of amides is 2. The predicted molar refractivity (Wildman–Crippen MR) is 101 cm³/mol. The van der Waals surface area contributed by atoms with Gasteiger partial charge in [-0.15, -0.1) is 11.3 Å². The van der Waals surface area contributed by atoms with Crippen molar-refractivity contribution in [3.8, 4) is 0 Å². The minimum atomic E-state index is -0.493. The van der Waals surface area contributed by atoms with Crippen LogP contribution < -0.4 is 5.32 Å². The molecule has 2 aromatic heterocycles. The number of benzene rings is 1. The van der Waals surface area contributed by atoms with E-state index in [0.717, 1.165) is 10.4 Å². The van der Waals surface area contributed by atoms with Gasteiger partial charge in [-0.05, 0) is 35.2 Å². The number of nitrogens with zero attached hydrogens (tertiary/aromatic N) is 2. The highest BCUT2D eigenvalue weighted by Gasteiger charge is 2.43. The Kier molecular flexibility index (Phi) is 4.26. The molecule has 0 radical (unpaired) electrons. The van der Waals surface area contributed by atoms with Crippen LogP contribution in [0.3, 0.4) is 0 Å². The first kappa shape index (κ1) is 16.5. The van der Waals surface area contributed by atoms with Crippen molar-refractivity contribution >= 4 is 28.8 Å². The van der Waals surface area contributed by atoms with Crippen molar-refractivity contribution in [3.05, 3.63) is 82.3 Å². The second kappa shape index (κ2) is 6.72. The van der Waals surface area contributed by atoms with E-state index < -0.39 is 5.92 Å². The third kappa shape index (κ3) is 2.78. The molecular weight excluding hydrogens is 346 g/mol. The van der Waals surface area contributed by atoms with Gasteiger partial charge in [0.25, 0.3) is 5.91 Å². The van der Waals surface area contributed by atoms with E-state index in [4.69, 9.17) is 0 Å². The van der Waals surface area contributed by atoms with Crippen LogP contribution in [0.15, 0.2) is 66.3 Å². The molecule has 0 saturated heterocycles. The number of hydrogen-bond acceptors (Lipinski definition) is 4. The van der Waals surface area contributed by atoms with Gasteiger partial charge in [0.15, 0.2) is 0 Å². The van der Waals surface area contributed by atoms with Crippen molar-refractivity contribution in [3.63, 3.8) is 0 Å². The molecule has 3 heterocycles. The monoisotopic (exact) mass is 363 g/mol. The molecule has 1 aromatic carbocycles. The van der Waals surface area contributed by atoms with Gasteiger partial charge in [-0.3, -0.25) is 14.6 Å². The molecule has 1 aliphatic rings. The van der Waals surface area contributed by atoms with Crippen LogP contribution in [0.2, 0.25) is 0 Å². The van der Waals surface area contributed by atoms with Gasteiger partial charge < -0.3 is 10.2 Å². The SMILES string of the molecule is CN1C(=O)c2ccccc2C(C(=O)Nc2cccnc2)C1c1cccs1. The van der Waals surface area contributed by atoms with E-state index in [2.05, 4.69) is 10.3 Å². The molecule has 0 spiro atoms. The molecule has 5 nitrogen and oxygen atoms in total. The summed E-state index contributed by atoms with van der Waals surface area (Å²) in [5.74, 6) is -0.708. The summed E-state index contributed by atoms with van der Waals surface area (Å²) in [6.07, 6.45) is 3.27. The Morgan fingerprint density at radius 2 is 2.00 bits per heavy atom. The first-order chi connectivity index (χ1) is 12.7. The summed E-state index contributed by atoms with van der Waals surface area (Å²) in [6, 6.07) is 14.5. The topological polar surface area (TPSA) is 62.3 Å². The maximum Gasteiger partial charge on any atom is 0.254 e. The third-order valence-electron chi connectivity index (χ3n) is 4.63. The van der Waals surface area contributed by atoms with Crippen molar-refractivity contribution < 1.29 is 9.59 Å². The zero-order valence-electron chi connectivity index (χ0n) is 14.1. The van der Waals surface area contributed by atoms with E-state index >= 15 is 0 Å². The molecule has 4 rings (SSSR count). The van der Waals surface area contributed by atoms with Crippen LogP contribution in [-0.4, -0.2) is 28.7 Å². The molecule has 26 heavy (non-hydrogen) atoms. The molecule has 2 amide bonds. The van der Waals surface area contributed by atoms with Crippen molar-refractivity contribution in [2.75, 3.05) is 12.4 Å². The fourth-order valence-corrected chi connectivity index (χ4v) is 4.33. The highest BCUT2D eigenvalue weighted by molar-refractivity contribution is 7.10. The van der Waals surface area contributed by atoms with Gasteiger partial charge in [0.05, 0.1) is 23.8 Å². The molecule has 6 heteroatoms. The summed E-state index contributed by atoms with van der Waals surface area (Å²) in [4.78, 5) is 32.8. The van der Waals surface area contributed by atoms with E-state index in [1.807, 2.05) is 35.7 Å². The third-order valence-corrected chi connectivity index (χ3v) is 5.57. The van der Waals surface area contributed by atoms with Gasteiger partial charge in [0.2, 0.25) is 5.91 Å². The van der Waals surface area contributed by atoms with Gasteiger partial charge in [-0.25, -0.2) is 0 Å². The van der Waals surface area contributed by atoms with Crippen molar-refractivity contribution in [2.24, 2.45) is 0 Å². The van der Waals surface area contributed by atoms with Crippen LogP contribution in [0.1, 0.15) is 32.8 Å². The van der Waals surface area contributed by atoms with E-state index in [1.165, 1.54) is 0 Å². The van der Waals surface area contributed by atoms with Crippen molar-refractivity contribution in [1.82, 2.24) is 9.88 Å². The normalized spacial score (nSPS) is 19.1. The molecule has 0 bridgehead atoms. The molecular formula is C20H17N3O2S. The molecule has 130 valence electrons. The van der Waals surface area contributed by atoms with Gasteiger partial charge in [-0.2, -0.15) is 0 Å². The molecule has 1 N–H and O–H groups in total. The average molecular weight is 363 g/mol. The second-order valence-corrected chi connectivity index (χ2v) is 7.15. The highest BCUT2D eigenvalue weighted by Crippen LogP contribution is 2.43. The van der Waals surface area contributed by atoms with Crippen LogP contribution in [0, 0.1) is 0 Å². The summed E-state index contributed by atoms with van der Waals surface area (Å²) >= 11 is 1.55.